The monoisotopic (exact) mass is 268 g/mol. The van der Waals surface area contributed by atoms with Gasteiger partial charge in [0.15, 0.2) is 0 Å². The Morgan fingerprint density at radius 1 is 1.42 bits per heavy atom. The Hall–Kier alpha value is -1.95. The molecule has 1 rings (SSSR count). The first-order chi connectivity index (χ1) is 8.97. The van der Waals surface area contributed by atoms with Crippen LogP contribution in [-0.2, 0) is 11.3 Å². The molecule has 0 aromatic heterocycles. The maximum atomic E-state index is 13.6. The van der Waals surface area contributed by atoms with Crippen molar-refractivity contribution in [2.45, 2.75) is 13.5 Å². The summed E-state index contributed by atoms with van der Waals surface area (Å²) in [6, 6.07) is 3.65. The van der Waals surface area contributed by atoms with Crippen molar-refractivity contribution in [1.82, 2.24) is 10.2 Å². The van der Waals surface area contributed by atoms with E-state index in [0.29, 0.717) is 6.54 Å². The lowest BCUT2D eigenvalue weighted by Gasteiger charge is -2.19. The number of amides is 1. The van der Waals surface area contributed by atoms with Crippen LogP contribution in [0.2, 0.25) is 0 Å². The Bertz CT molecular complexity index is 477. The van der Waals surface area contributed by atoms with Gasteiger partial charge in [0.2, 0.25) is 5.91 Å². The number of nitrogens with one attached hydrogen (secondary N) is 1. The summed E-state index contributed by atoms with van der Waals surface area (Å²) in [5.74, 6) is -1.74. The van der Waals surface area contributed by atoms with Crippen LogP contribution in [0.25, 0.3) is 0 Å². The first-order valence-electron chi connectivity index (χ1n) is 5.92. The van der Waals surface area contributed by atoms with Gasteiger partial charge in [-0.2, -0.15) is 0 Å². The molecule has 0 unspecified atom stereocenters. The van der Waals surface area contributed by atoms with E-state index in [1.807, 2.05) is 6.92 Å². The quantitative estimate of drug-likeness (QED) is 0.810. The van der Waals surface area contributed by atoms with Crippen LogP contribution >= 0.6 is 0 Å². The Morgan fingerprint density at radius 2 is 2.11 bits per heavy atom. The van der Waals surface area contributed by atoms with E-state index in [2.05, 4.69) is 5.32 Å². The van der Waals surface area contributed by atoms with Crippen LogP contribution < -0.4 is 5.32 Å². The van der Waals surface area contributed by atoms with E-state index in [9.17, 15) is 14.0 Å². The van der Waals surface area contributed by atoms with Gasteiger partial charge in [-0.25, -0.2) is 9.18 Å². The van der Waals surface area contributed by atoms with Crippen LogP contribution in [0, 0.1) is 5.82 Å². The lowest BCUT2D eigenvalue weighted by molar-refractivity contribution is -0.121. The number of carboxylic acids is 1. The van der Waals surface area contributed by atoms with E-state index in [0.717, 1.165) is 6.07 Å². The topological polar surface area (TPSA) is 69.6 Å². The van der Waals surface area contributed by atoms with E-state index in [1.165, 1.54) is 19.2 Å². The lowest BCUT2D eigenvalue weighted by Crippen LogP contribution is -2.35. The normalized spacial score (nSPS) is 10.5. The summed E-state index contributed by atoms with van der Waals surface area (Å²) in [5.41, 5.74) is 0.304. The molecule has 1 amide bonds. The van der Waals surface area contributed by atoms with Gasteiger partial charge < -0.3 is 10.4 Å². The molecule has 0 aliphatic rings. The molecule has 6 heteroatoms. The van der Waals surface area contributed by atoms with Gasteiger partial charge >= 0.3 is 5.97 Å². The molecule has 5 nitrogen and oxygen atoms in total. The zero-order chi connectivity index (χ0) is 14.4. The molecule has 0 spiro atoms. The highest BCUT2D eigenvalue weighted by atomic mass is 19.1. The summed E-state index contributed by atoms with van der Waals surface area (Å²) in [5, 5.41) is 11.4. The third-order valence-corrected chi connectivity index (χ3v) is 2.78. The highest BCUT2D eigenvalue weighted by Crippen LogP contribution is 2.13. The summed E-state index contributed by atoms with van der Waals surface area (Å²) >= 11 is 0. The molecule has 0 aliphatic carbocycles. The van der Waals surface area contributed by atoms with Crippen molar-refractivity contribution >= 4 is 11.9 Å². The third-order valence-electron chi connectivity index (χ3n) is 2.78. The average Bonchev–Trinajstić information content (AvgIpc) is 2.39. The minimum Gasteiger partial charge on any atom is -0.478 e. The fourth-order valence-corrected chi connectivity index (χ4v) is 1.63. The molecule has 0 atom stereocenters. The second-order valence-corrected chi connectivity index (χ2v) is 4.09. The molecule has 0 bridgehead atoms. The summed E-state index contributed by atoms with van der Waals surface area (Å²) in [6.45, 7) is 2.74. The number of nitrogens with zero attached hydrogens (tertiary/aromatic N) is 1. The van der Waals surface area contributed by atoms with Crippen molar-refractivity contribution in [3.63, 3.8) is 0 Å². The highest BCUT2D eigenvalue weighted by Gasteiger charge is 2.13. The summed E-state index contributed by atoms with van der Waals surface area (Å²) in [7, 11) is 1.53. The highest BCUT2D eigenvalue weighted by molar-refractivity contribution is 5.87. The van der Waals surface area contributed by atoms with Crippen molar-refractivity contribution in [1.29, 1.82) is 0 Å². The minimum absolute atomic E-state index is 0.0346. The van der Waals surface area contributed by atoms with Gasteiger partial charge in [0.25, 0.3) is 0 Å². The predicted octanol–water partition coefficient (Wildman–Crippen LogP) is 1.09. The minimum atomic E-state index is -1.10. The third kappa shape index (κ3) is 4.33. The van der Waals surface area contributed by atoms with E-state index >= 15 is 0 Å². The van der Waals surface area contributed by atoms with Crippen molar-refractivity contribution in [3.05, 3.63) is 35.1 Å². The average molecular weight is 268 g/mol. The summed E-state index contributed by atoms with van der Waals surface area (Å²) < 4.78 is 13.6. The second-order valence-electron chi connectivity index (χ2n) is 4.09. The van der Waals surface area contributed by atoms with Crippen molar-refractivity contribution in [3.8, 4) is 0 Å². The van der Waals surface area contributed by atoms with Crippen LogP contribution in [0.1, 0.15) is 22.8 Å². The first-order valence-corrected chi connectivity index (χ1v) is 5.92. The van der Waals surface area contributed by atoms with Gasteiger partial charge in [0.05, 0.1) is 12.1 Å². The van der Waals surface area contributed by atoms with E-state index in [4.69, 9.17) is 5.11 Å². The second kappa shape index (κ2) is 6.84. The Labute approximate surface area is 111 Å². The van der Waals surface area contributed by atoms with E-state index in [1.54, 1.807) is 4.90 Å². The zero-order valence-electron chi connectivity index (χ0n) is 10.9. The molecule has 19 heavy (non-hydrogen) atoms. The standard InChI is InChI=1S/C13H17FN2O3/c1-3-16(8-12(17)15-2)7-10-6-9(13(18)19)4-5-11(10)14/h4-6H,3,7-8H2,1-2H3,(H,15,17)(H,18,19). The van der Waals surface area contributed by atoms with Crippen LogP contribution in [-0.4, -0.2) is 42.0 Å². The molecular weight excluding hydrogens is 251 g/mol. The van der Waals surface area contributed by atoms with Gasteiger partial charge in [-0.05, 0) is 24.7 Å². The predicted molar refractivity (Wildman–Crippen MR) is 68.4 cm³/mol. The van der Waals surface area contributed by atoms with E-state index in [-0.39, 0.29) is 30.1 Å². The maximum absolute atomic E-state index is 13.6. The van der Waals surface area contributed by atoms with Crippen molar-refractivity contribution in [2.75, 3.05) is 20.1 Å². The molecule has 0 radical (unpaired) electrons. The molecule has 1 aromatic rings. The molecular formula is C13H17FN2O3. The van der Waals surface area contributed by atoms with Gasteiger partial charge in [-0.3, -0.25) is 9.69 Å². The fourth-order valence-electron chi connectivity index (χ4n) is 1.63. The Balaban J connectivity index is 2.86. The SMILES string of the molecule is CCN(CC(=O)NC)Cc1cc(C(=O)O)ccc1F. The van der Waals surface area contributed by atoms with Crippen LogP contribution in [0.15, 0.2) is 18.2 Å². The lowest BCUT2D eigenvalue weighted by atomic mass is 10.1. The molecule has 2 N–H and O–H groups in total. The van der Waals surface area contributed by atoms with Crippen LogP contribution in [0.4, 0.5) is 4.39 Å². The van der Waals surface area contributed by atoms with Gasteiger partial charge in [0.1, 0.15) is 5.82 Å². The molecule has 0 aliphatic heterocycles. The molecule has 0 saturated carbocycles. The largest absolute Gasteiger partial charge is 0.478 e. The van der Waals surface area contributed by atoms with Gasteiger partial charge in [0, 0.05) is 19.2 Å². The van der Waals surface area contributed by atoms with Crippen LogP contribution in [0.3, 0.4) is 0 Å². The summed E-state index contributed by atoms with van der Waals surface area (Å²) in [6.07, 6.45) is 0. The molecule has 1 aromatic carbocycles. The number of benzene rings is 1. The number of halogens is 1. The number of carbonyl (C=O) groups is 2. The van der Waals surface area contributed by atoms with Crippen molar-refractivity contribution in [2.24, 2.45) is 0 Å². The van der Waals surface area contributed by atoms with Crippen LogP contribution in [0.5, 0.6) is 0 Å². The Kier molecular flexibility index (Phi) is 5.44. The maximum Gasteiger partial charge on any atom is 0.335 e. The number of hydrogen-bond donors (Lipinski definition) is 2. The molecule has 0 heterocycles. The van der Waals surface area contributed by atoms with Crippen molar-refractivity contribution < 1.29 is 19.1 Å². The Morgan fingerprint density at radius 3 is 2.63 bits per heavy atom. The number of carboxylic acid groups (broad SMARTS) is 1. The van der Waals surface area contributed by atoms with Gasteiger partial charge in [-0.1, -0.05) is 6.92 Å². The number of rotatable bonds is 6. The zero-order valence-corrected chi connectivity index (χ0v) is 10.9. The molecule has 0 saturated heterocycles. The number of carbonyl (C=O) groups excluding carboxylic acids is 1. The number of likely N-dealkylation sites (N-methyl/N-ethyl adjacent to an activating group) is 2. The molecule has 104 valence electrons. The smallest absolute Gasteiger partial charge is 0.335 e. The van der Waals surface area contributed by atoms with E-state index < -0.39 is 11.8 Å². The number of aromatic carboxylic acids is 1. The molecule has 0 fully saturated rings. The number of hydrogen-bond acceptors (Lipinski definition) is 3. The fraction of sp³-hybridized carbons (Fsp3) is 0.385. The first kappa shape index (κ1) is 15.1. The van der Waals surface area contributed by atoms with Gasteiger partial charge in [-0.15, -0.1) is 0 Å². The summed E-state index contributed by atoms with van der Waals surface area (Å²) in [4.78, 5) is 23.9.